The zero-order valence-corrected chi connectivity index (χ0v) is 9.45. The standard InChI is InChI=1S/C13H15NO3/c15-9-12-8-14(13(16)17)7-11(12)6-10-4-2-1-3-5-10/h1-5,9,11-12H,6-8H2,(H,16,17)/t11-,12+/m0/s1. The second-order valence-electron chi connectivity index (χ2n) is 4.44. The lowest BCUT2D eigenvalue weighted by molar-refractivity contribution is -0.111. The largest absolute Gasteiger partial charge is 0.465 e. The van der Waals surface area contributed by atoms with Gasteiger partial charge in [0.2, 0.25) is 0 Å². The van der Waals surface area contributed by atoms with E-state index in [-0.39, 0.29) is 11.8 Å². The number of hydrogen-bond acceptors (Lipinski definition) is 2. The highest BCUT2D eigenvalue weighted by molar-refractivity contribution is 5.67. The molecule has 4 nitrogen and oxygen atoms in total. The van der Waals surface area contributed by atoms with E-state index in [1.807, 2.05) is 30.3 Å². The first-order chi connectivity index (χ1) is 8.20. The Bertz CT molecular complexity index is 404. The lowest BCUT2D eigenvalue weighted by atomic mass is 9.91. The number of likely N-dealkylation sites (tertiary alicyclic amines) is 1. The number of hydrogen-bond donors (Lipinski definition) is 1. The molecule has 1 aromatic rings. The van der Waals surface area contributed by atoms with Crippen LogP contribution < -0.4 is 0 Å². The Hall–Kier alpha value is -1.84. The fraction of sp³-hybridized carbons (Fsp3) is 0.385. The first-order valence-corrected chi connectivity index (χ1v) is 5.68. The molecule has 1 aliphatic heterocycles. The molecule has 2 atom stereocenters. The normalized spacial score (nSPS) is 23.6. The molecule has 0 spiro atoms. The molecule has 1 aromatic carbocycles. The summed E-state index contributed by atoms with van der Waals surface area (Å²) in [4.78, 5) is 23.2. The molecule has 0 unspecified atom stereocenters. The van der Waals surface area contributed by atoms with E-state index in [1.165, 1.54) is 4.90 Å². The van der Waals surface area contributed by atoms with Crippen LogP contribution >= 0.6 is 0 Å². The van der Waals surface area contributed by atoms with Crippen molar-refractivity contribution in [2.45, 2.75) is 6.42 Å². The Labute approximate surface area is 99.9 Å². The van der Waals surface area contributed by atoms with E-state index in [0.717, 1.165) is 18.3 Å². The van der Waals surface area contributed by atoms with Gasteiger partial charge in [-0.25, -0.2) is 4.79 Å². The number of carboxylic acid groups (broad SMARTS) is 1. The average molecular weight is 233 g/mol. The Morgan fingerprint density at radius 3 is 2.65 bits per heavy atom. The van der Waals surface area contributed by atoms with Crippen molar-refractivity contribution in [3.8, 4) is 0 Å². The lowest BCUT2D eigenvalue weighted by Crippen LogP contribution is -2.27. The second kappa shape index (κ2) is 4.99. The molecule has 0 bridgehead atoms. The van der Waals surface area contributed by atoms with Crippen LogP contribution in [0.4, 0.5) is 4.79 Å². The fourth-order valence-electron chi connectivity index (χ4n) is 2.34. The predicted molar refractivity (Wildman–Crippen MR) is 62.8 cm³/mol. The van der Waals surface area contributed by atoms with E-state index in [9.17, 15) is 9.59 Å². The van der Waals surface area contributed by atoms with E-state index in [0.29, 0.717) is 13.1 Å². The molecule has 1 amide bonds. The van der Waals surface area contributed by atoms with Gasteiger partial charge in [0.15, 0.2) is 0 Å². The highest BCUT2D eigenvalue weighted by Crippen LogP contribution is 2.25. The third-order valence-corrected chi connectivity index (χ3v) is 3.28. The highest BCUT2D eigenvalue weighted by Gasteiger charge is 2.34. The molecular formula is C13H15NO3. The summed E-state index contributed by atoms with van der Waals surface area (Å²) in [7, 11) is 0. The zero-order chi connectivity index (χ0) is 12.3. The number of rotatable bonds is 3. The summed E-state index contributed by atoms with van der Waals surface area (Å²) in [5.74, 6) is -0.0719. The zero-order valence-electron chi connectivity index (χ0n) is 9.45. The first kappa shape index (κ1) is 11.6. The van der Waals surface area contributed by atoms with Crippen molar-refractivity contribution >= 4 is 12.4 Å². The van der Waals surface area contributed by atoms with Gasteiger partial charge in [0.1, 0.15) is 6.29 Å². The summed E-state index contributed by atoms with van der Waals surface area (Å²) in [6, 6.07) is 9.86. The van der Waals surface area contributed by atoms with Crippen LogP contribution in [0.5, 0.6) is 0 Å². The number of carbonyl (C=O) groups is 2. The predicted octanol–water partition coefficient (Wildman–Crippen LogP) is 1.65. The van der Waals surface area contributed by atoms with Crippen LogP contribution in [0.25, 0.3) is 0 Å². The van der Waals surface area contributed by atoms with Gasteiger partial charge in [0, 0.05) is 19.0 Å². The van der Waals surface area contributed by atoms with Crippen LogP contribution in [0.1, 0.15) is 5.56 Å². The van der Waals surface area contributed by atoms with Crippen LogP contribution in [0, 0.1) is 11.8 Å². The van der Waals surface area contributed by atoms with Gasteiger partial charge < -0.3 is 14.8 Å². The van der Waals surface area contributed by atoms with Crippen molar-refractivity contribution in [2.24, 2.45) is 11.8 Å². The maximum absolute atomic E-state index is 11.0. The molecular weight excluding hydrogens is 218 g/mol. The molecule has 4 heteroatoms. The summed E-state index contributed by atoms with van der Waals surface area (Å²) >= 11 is 0. The monoisotopic (exact) mass is 233 g/mol. The van der Waals surface area contributed by atoms with Crippen molar-refractivity contribution in [2.75, 3.05) is 13.1 Å². The van der Waals surface area contributed by atoms with Gasteiger partial charge in [-0.1, -0.05) is 30.3 Å². The molecule has 1 saturated heterocycles. The summed E-state index contributed by atoms with van der Waals surface area (Å²) in [5, 5.41) is 8.92. The summed E-state index contributed by atoms with van der Waals surface area (Å²) < 4.78 is 0. The first-order valence-electron chi connectivity index (χ1n) is 5.68. The molecule has 0 saturated carbocycles. The number of aldehydes is 1. The van der Waals surface area contributed by atoms with Gasteiger partial charge in [0.05, 0.1) is 0 Å². The Balaban J connectivity index is 2.05. The number of carbonyl (C=O) groups excluding carboxylic acids is 1. The average Bonchev–Trinajstić information content (AvgIpc) is 2.74. The fourth-order valence-corrected chi connectivity index (χ4v) is 2.34. The van der Waals surface area contributed by atoms with E-state index in [2.05, 4.69) is 0 Å². The van der Waals surface area contributed by atoms with Gasteiger partial charge in [-0.15, -0.1) is 0 Å². The Kier molecular flexibility index (Phi) is 3.42. The molecule has 0 aliphatic carbocycles. The van der Waals surface area contributed by atoms with Crippen molar-refractivity contribution in [3.63, 3.8) is 0 Å². The molecule has 0 radical (unpaired) electrons. The quantitative estimate of drug-likeness (QED) is 0.808. The van der Waals surface area contributed by atoms with Crippen LogP contribution in [0.15, 0.2) is 30.3 Å². The Morgan fingerprint density at radius 2 is 2.06 bits per heavy atom. The van der Waals surface area contributed by atoms with Crippen LogP contribution in [-0.4, -0.2) is 35.5 Å². The van der Waals surface area contributed by atoms with E-state index >= 15 is 0 Å². The summed E-state index contributed by atoms with van der Waals surface area (Å²) in [6.45, 7) is 0.782. The molecule has 17 heavy (non-hydrogen) atoms. The van der Waals surface area contributed by atoms with Gasteiger partial charge >= 0.3 is 6.09 Å². The third-order valence-electron chi connectivity index (χ3n) is 3.28. The van der Waals surface area contributed by atoms with Crippen molar-refractivity contribution < 1.29 is 14.7 Å². The van der Waals surface area contributed by atoms with Gasteiger partial charge in [-0.2, -0.15) is 0 Å². The highest BCUT2D eigenvalue weighted by atomic mass is 16.4. The van der Waals surface area contributed by atoms with E-state index < -0.39 is 6.09 Å². The van der Waals surface area contributed by atoms with Gasteiger partial charge in [-0.3, -0.25) is 0 Å². The minimum Gasteiger partial charge on any atom is -0.465 e. The number of nitrogens with zero attached hydrogens (tertiary/aromatic N) is 1. The van der Waals surface area contributed by atoms with Crippen LogP contribution in [0.2, 0.25) is 0 Å². The molecule has 1 N–H and O–H groups in total. The summed E-state index contributed by atoms with van der Waals surface area (Å²) in [6.07, 6.45) is 0.706. The van der Waals surface area contributed by atoms with E-state index in [4.69, 9.17) is 5.11 Å². The third kappa shape index (κ3) is 2.64. The summed E-state index contributed by atoms with van der Waals surface area (Å²) in [5.41, 5.74) is 1.15. The van der Waals surface area contributed by atoms with Gasteiger partial charge in [0.25, 0.3) is 0 Å². The van der Waals surface area contributed by atoms with Crippen molar-refractivity contribution in [3.05, 3.63) is 35.9 Å². The van der Waals surface area contributed by atoms with Gasteiger partial charge in [-0.05, 0) is 17.9 Å². The smallest absolute Gasteiger partial charge is 0.407 e. The molecule has 90 valence electrons. The number of benzene rings is 1. The minimum atomic E-state index is -0.938. The molecule has 1 aliphatic rings. The molecule has 0 aromatic heterocycles. The topological polar surface area (TPSA) is 57.6 Å². The van der Waals surface area contributed by atoms with E-state index in [1.54, 1.807) is 0 Å². The Morgan fingerprint density at radius 1 is 1.35 bits per heavy atom. The maximum Gasteiger partial charge on any atom is 0.407 e. The maximum atomic E-state index is 11.0. The minimum absolute atomic E-state index is 0.103. The SMILES string of the molecule is O=C[C@H]1CN(C(=O)O)C[C@@H]1Cc1ccccc1. The van der Waals surface area contributed by atoms with Crippen molar-refractivity contribution in [1.29, 1.82) is 0 Å². The second-order valence-corrected chi connectivity index (χ2v) is 4.44. The molecule has 2 rings (SSSR count). The van der Waals surface area contributed by atoms with Crippen LogP contribution in [0.3, 0.4) is 0 Å². The molecule has 1 heterocycles. The molecule has 1 fully saturated rings. The lowest BCUT2D eigenvalue weighted by Gasteiger charge is -2.13. The van der Waals surface area contributed by atoms with Crippen LogP contribution in [-0.2, 0) is 11.2 Å². The van der Waals surface area contributed by atoms with Crippen molar-refractivity contribution in [1.82, 2.24) is 4.90 Å². The number of amides is 1.